The standard InChI is InChI=1S/C20H18Cl2F3NO2.C2H6/c1-9-14(22)8-15(27-2)18-16(9)19-11(5-6-28-19)17(26-18)12-7-10(20(23,24)25)3-4-13(12)21;1-2/h3-4,7-8,11,17,19,26H,5-6H2,1-2H3;1-2H3. The van der Waals surface area contributed by atoms with Crippen molar-refractivity contribution in [3.63, 3.8) is 0 Å². The minimum absolute atomic E-state index is 0.0737. The highest BCUT2D eigenvalue weighted by molar-refractivity contribution is 6.32. The van der Waals surface area contributed by atoms with Crippen LogP contribution in [0.15, 0.2) is 24.3 Å². The molecule has 3 nitrogen and oxygen atoms in total. The highest BCUT2D eigenvalue weighted by Gasteiger charge is 2.45. The number of benzene rings is 2. The number of nitrogens with one attached hydrogen (secondary N) is 1. The quantitative estimate of drug-likeness (QED) is 0.499. The van der Waals surface area contributed by atoms with Gasteiger partial charge < -0.3 is 14.8 Å². The summed E-state index contributed by atoms with van der Waals surface area (Å²) in [6.45, 7) is 6.41. The van der Waals surface area contributed by atoms with Crippen LogP contribution in [0.25, 0.3) is 0 Å². The molecule has 0 saturated carbocycles. The van der Waals surface area contributed by atoms with Crippen LogP contribution >= 0.6 is 23.2 Å². The fraction of sp³-hybridized carbons (Fsp3) is 0.455. The SMILES string of the molecule is CC.COc1cc(Cl)c(C)c2c1NC(c1cc(C(F)(F)F)ccc1Cl)C1CCOC21. The fourth-order valence-electron chi connectivity index (χ4n) is 4.18. The van der Waals surface area contributed by atoms with Gasteiger partial charge in [-0.25, -0.2) is 0 Å². The average molecular weight is 462 g/mol. The zero-order chi connectivity index (χ0) is 22.2. The lowest BCUT2D eigenvalue weighted by atomic mass is 9.79. The normalized spacial score (nSPS) is 22.4. The third kappa shape index (κ3) is 3.97. The molecule has 0 aliphatic carbocycles. The first kappa shape index (κ1) is 23.0. The second-order valence-electron chi connectivity index (χ2n) is 7.07. The summed E-state index contributed by atoms with van der Waals surface area (Å²) in [6.07, 6.45) is -4.04. The van der Waals surface area contributed by atoms with Crippen molar-refractivity contribution >= 4 is 28.9 Å². The van der Waals surface area contributed by atoms with Gasteiger partial charge in [-0.2, -0.15) is 13.2 Å². The predicted octanol–water partition coefficient (Wildman–Crippen LogP) is 7.60. The summed E-state index contributed by atoms with van der Waals surface area (Å²) in [6, 6.07) is 4.67. The molecule has 2 aromatic carbocycles. The van der Waals surface area contributed by atoms with E-state index >= 15 is 0 Å². The molecule has 0 bridgehead atoms. The summed E-state index contributed by atoms with van der Waals surface area (Å²) < 4.78 is 51.3. The minimum Gasteiger partial charge on any atom is -0.495 e. The molecule has 2 heterocycles. The molecule has 0 radical (unpaired) electrons. The number of ether oxygens (including phenoxy) is 2. The van der Waals surface area contributed by atoms with E-state index in [2.05, 4.69) is 5.32 Å². The van der Waals surface area contributed by atoms with E-state index in [1.54, 1.807) is 6.07 Å². The molecule has 1 N–H and O–H groups in total. The highest BCUT2D eigenvalue weighted by atomic mass is 35.5. The van der Waals surface area contributed by atoms with Crippen molar-refractivity contribution in [3.05, 3.63) is 56.6 Å². The van der Waals surface area contributed by atoms with Crippen molar-refractivity contribution in [2.75, 3.05) is 19.0 Å². The van der Waals surface area contributed by atoms with Gasteiger partial charge in [-0.15, -0.1) is 0 Å². The Balaban J connectivity index is 0.00000124. The van der Waals surface area contributed by atoms with Crippen LogP contribution in [0.4, 0.5) is 18.9 Å². The molecule has 2 aliphatic rings. The molecule has 0 aromatic heterocycles. The van der Waals surface area contributed by atoms with E-state index in [9.17, 15) is 13.2 Å². The number of rotatable bonds is 2. The summed E-state index contributed by atoms with van der Waals surface area (Å²) in [5, 5.41) is 4.22. The molecule has 1 saturated heterocycles. The number of hydrogen-bond acceptors (Lipinski definition) is 3. The second-order valence-corrected chi connectivity index (χ2v) is 7.89. The smallest absolute Gasteiger partial charge is 0.416 e. The summed E-state index contributed by atoms with van der Waals surface area (Å²) in [4.78, 5) is 0. The van der Waals surface area contributed by atoms with E-state index in [1.807, 2.05) is 20.8 Å². The molecule has 4 rings (SSSR count). The van der Waals surface area contributed by atoms with E-state index in [4.69, 9.17) is 32.7 Å². The van der Waals surface area contributed by atoms with Crippen LogP contribution < -0.4 is 10.1 Å². The Morgan fingerprint density at radius 1 is 1.13 bits per heavy atom. The lowest BCUT2D eigenvalue weighted by molar-refractivity contribution is -0.137. The molecular weight excluding hydrogens is 438 g/mol. The Morgan fingerprint density at radius 3 is 2.47 bits per heavy atom. The Labute approximate surface area is 184 Å². The Bertz CT molecular complexity index is 934. The largest absolute Gasteiger partial charge is 0.495 e. The Morgan fingerprint density at radius 2 is 1.83 bits per heavy atom. The zero-order valence-electron chi connectivity index (χ0n) is 17.2. The van der Waals surface area contributed by atoms with Gasteiger partial charge in [-0.1, -0.05) is 37.0 Å². The number of halogens is 5. The maximum atomic E-state index is 13.3. The molecule has 2 aliphatic heterocycles. The molecule has 0 spiro atoms. The maximum absolute atomic E-state index is 13.3. The van der Waals surface area contributed by atoms with Crippen LogP contribution in [0.2, 0.25) is 10.0 Å². The maximum Gasteiger partial charge on any atom is 0.416 e. The minimum atomic E-state index is -4.45. The van der Waals surface area contributed by atoms with E-state index in [1.165, 1.54) is 13.2 Å². The number of methoxy groups -OCH3 is 1. The number of anilines is 1. The summed E-state index contributed by atoms with van der Waals surface area (Å²) in [7, 11) is 1.52. The number of fused-ring (bicyclic) bond motifs is 3. The van der Waals surface area contributed by atoms with Gasteiger partial charge in [0.15, 0.2) is 0 Å². The molecule has 2 aromatic rings. The Kier molecular flexibility index (Phi) is 6.80. The summed E-state index contributed by atoms with van der Waals surface area (Å²) >= 11 is 12.7. The van der Waals surface area contributed by atoms with Gasteiger partial charge in [-0.3, -0.25) is 0 Å². The van der Waals surface area contributed by atoms with Crippen molar-refractivity contribution in [2.24, 2.45) is 5.92 Å². The molecule has 0 amide bonds. The monoisotopic (exact) mass is 461 g/mol. The van der Waals surface area contributed by atoms with Crippen molar-refractivity contribution in [1.29, 1.82) is 0 Å². The first-order valence-electron chi connectivity index (χ1n) is 9.84. The fourth-order valence-corrected chi connectivity index (χ4v) is 4.62. The van der Waals surface area contributed by atoms with Crippen LogP contribution in [0.1, 0.15) is 54.7 Å². The van der Waals surface area contributed by atoms with E-state index < -0.39 is 17.8 Å². The lowest BCUT2D eigenvalue weighted by Gasteiger charge is -2.38. The van der Waals surface area contributed by atoms with Gasteiger partial charge in [0.05, 0.1) is 30.5 Å². The third-order valence-electron chi connectivity index (χ3n) is 5.56. The van der Waals surface area contributed by atoms with Gasteiger partial charge in [0.2, 0.25) is 0 Å². The van der Waals surface area contributed by atoms with Crippen LogP contribution in [0, 0.1) is 12.8 Å². The number of alkyl halides is 3. The van der Waals surface area contributed by atoms with Gasteiger partial charge in [0, 0.05) is 34.2 Å². The van der Waals surface area contributed by atoms with Crippen LogP contribution in [-0.4, -0.2) is 13.7 Å². The van der Waals surface area contributed by atoms with Crippen molar-refractivity contribution in [2.45, 2.75) is 45.5 Å². The van der Waals surface area contributed by atoms with E-state index in [-0.39, 0.29) is 17.0 Å². The molecular formula is C22H24Cl2F3NO2. The van der Waals surface area contributed by atoms with E-state index in [0.717, 1.165) is 23.3 Å². The average Bonchev–Trinajstić information content (AvgIpc) is 3.20. The molecule has 3 unspecified atom stereocenters. The Hall–Kier alpha value is -1.63. The summed E-state index contributed by atoms with van der Waals surface area (Å²) in [5.74, 6) is 0.447. The van der Waals surface area contributed by atoms with Crippen molar-refractivity contribution in [1.82, 2.24) is 0 Å². The number of hydrogen-bond donors (Lipinski definition) is 1. The second kappa shape index (κ2) is 8.85. The summed E-state index contributed by atoms with van der Waals surface area (Å²) in [5.41, 5.74) is 2.12. The van der Waals surface area contributed by atoms with Crippen LogP contribution in [0.5, 0.6) is 5.75 Å². The molecule has 164 valence electrons. The molecule has 30 heavy (non-hydrogen) atoms. The zero-order valence-corrected chi connectivity index (χ0v) is 18.7. The van der Waals surface area contributed by atoms with Gasteiger partial charge in [0.1, 0.15) is 5.75 Å². The van der Waals surface area contributed by atoms with Gasteiger partial charge in [0.25, 0.3) is 0 Å². The third-order valence-corrected chi connectivity index (χ3v) is 6.30. The molecule has 3 atom stereocenters. The van der Waals surface area contributed by atoms with Crippen LogP contribution in [-0.2, 0) is 10.9 Å². The van der Waals surface area contributed by atoms with Gasteiger partial charge >= 0.3 is 6.18 Å². The van der Waals surface area contributed by atoms with Crippen LogP contribution in [0.3, 0.4) is 0 Å². The van der Waals surface area contributed by atoms with Gasteiger partial charge in [-0.05, 0) is 42.7 Å². The lowest BCUT2D eigenvalue weighted by Crippen LogP contribution is -2.30. The van der Waals surface area contributed by atoms with Crippen molar-refractivity contribution in [3.8, 4) is 5.75 Å². The molecule has 1 fully saturated rings. The van der Waals surface area contributed by atoms with Crippen molar-refractivity contribution < 1.29 is 22.6 Å². The van der Waals surface area contributed by atoms with E-state index in [0.29, 0.717) is 35.1 Å². The first-order chi connectivity index (χ1) is 14.2. The highest BCUT2D eigenvalue weighted by Crippen LogP contribution is 2.55. The first-order valence-corrected chi connectivity index (χ1v) is 10.6. The predicted molar refractivity (Wildman–Crippen MR) is 114 cm³/mol. The topological polar surface area (TPSA) is 30.5 Å². The molecule has 8 heteroatoms.